The molecule has 2 aromatic heterocycles. The number of aromatic nitrogens is 4. The summed E-state index contributed by atoms with van der Waals surface area (Å²) in [6.07, 6.45) is 6.60. The molecule has 7 nitrogen and oxygen atoms in total. The monoisotopic (exact) mass is 370 g/mol. The fraction of sp³-hybridized carbons (Fsp3) is 0.0476. The Morgan fingerprint density at radius 3 is 2.07 bits per heavy atom. The molecular weight excluding hydrogens is 352 g/mol. The highest BCUT2D eigenvalue weighted by Gasteiger charge is 2.08. The number of hydrogen-bond acceptors (Lipinski definition) is 5. The predicted molar refractivity (Wildman–Crippen MR) is 107 cm³/mol. The Kier molecular flexibility index (Phi) is 6.08. The molecule has 0 aliphatic carbocycles. The fourth-order valence-corrected chi connectivity index (χ4v) is 2.69. The number of hydrogen-bond donors (Lipinski definition) is 4. The van der Waals surface area contributed by atoms with Crippen molar-refractivity contribution in [2.45, 2.75) is 0 Å². The highest BCUT2D eigenvalue weighted by Crippen LogP contribution is 2.21. The maximum atomic E-state index is 8.96. The largest absolute Gasteiger partial charge is 0.390 e. The van der Waals surface area contributed by atoms with Crippen LogP contribution in [0.1, 0.15) is 11.1 Å². The lowest BCUT2D eigenvalue weighted by atomic mass is 10.0. The summed E-state index contributed by atoms with van der Waals surface area (Å²) in [6, 6.07) is 17.0. The van der Waals surface area contributed by atoms with Crippen molar-refractivity contribution in [1.82, 2.24) is 19.9 Å². The third kappa shape index (κ3) is 4.20. The zero-order chi connectivity index (χ0) is 19.8. The second-order valence-electron chi connectivity index (χ2n) is 5.77. The van der Waals surface area contributed by atoms with E-state index < -0.39 is 0 Å². The molecule has 138 valence electrons. The van der Waals surface area contributed by atoms with Crippen LogP contribution in [-0.4, -0.2) is 37.4 Å². The quantitative estimate of drug-likeness (QED) is 0.411. The van der Waals surface area contributed by atoms with E-state index in [1.807, 2.05) is 42.5 Å². The van der Waals surface area contributed by atoms with Gasteiger partial charge in [-0.15, -0.1) is 0 Å². The molecule has 4 rings (SSSR count). The third-order valence-electron chi connectivity index (χ3n) is 4.03. The van der Waals surface area contributed by atoms with E-state index in [2.05, 4.69) is 26.0 Å². The number of aliphatic hydroxyl groups is 1. The summed E-state index contributed by atoms with van der Waals surface area (Å²) >= 11 is 0. The lowest BCUT2D eigenvalue weighted by Gasteiger charge is -2.06. The smallest absolute Gasteiger partial charge is 0.0998 e. The van der Waals surface area contributed by atoms with Crippen LogP contribution in [0.4, 0.5) is 0 Å². The van der Waals surface area contributed by atoms with Crippen LogP contribution in [0.15, 0.2) is 73.6 Å². The highest BCUT2D eigenvalue weighted by atomic mass is 16.3. The predicted octanol–water partition coefficient (Wildman–Crippen LogP) is 3.39. The molecule has 0 bridgehead atoms. The van der Waals surface area contributed by atoms with E-state index in [9.17, 15) is 0 Å². The fourth-order valence-electron chi connectivity index (χ4n) is 2.69. The summed E-state index contributed by atoms with van der Waals surface area (Å²) < 4.78 is 0. The van der Waals surface area contributed by atoms with Gasteiger partial charge in [0.25, 0.3) is 0 Å². The van der Waals surface area contributed by atoms with E-state index in [1.54, 1.807) is 31.1 Å². The first-order chi connectivity index (χ1) is 13.7. The molecule has 2 heterocycles. The van der Waals surface area contributed by atoms with Crippen LogP contribution in [0, 0.1) is 16.7 Å². The first-order valence-electron chi connectivity index (χ1n) is 8.49. The van der Waals surface area contributed by atoms with Crippen LogP contribution in [0.2, 0.25) is 0 Å². The van der Waals surface area contributed by atoms with Crippen molar-refractivity contribution in [1.29, 1.82) is 10.7 Å². The number of aromatic amines is 2. The molecule has 28 heavy (non-hydrogen) atoms. The summed E-state index contributed by atoms with van der Waals surface area (Å²) in [7, 11) is 0. The number of H-pyrrole nitrogens is 2. The van der Waals surface area contributed by atoms with Crippen molar-refractivity contribution in [3.63, 3.8) is 0 Å². The Bertz CT molecular complexity index is 1080. The molecule has 0 fully saturated rings. The number of nitrogens with one attached hydrogen (secondary N) is 3. The molecular formula is C21H18N6O. The average molecular weight is 370 g/mol. The van der Waals surface area contributed by atoms with Crippen LogP contribution in [0.25, 0.3) is 22.5 Å². The van der Waals surface area contributed by atoms with E-state index in [0.29, 0.717) is 5.56 Å². The van der Waals surface area contributed by atoms with Gasteiger partial charge >= 0.3 is 0 Å². The maximum Gasteiger partial charge on any atom is 0.0998 e. The van der Waals surface area contributed by atoms with Gasteiger partial charge in [-0.25, -0.2) is 9.97 Å². The molecule has 0 saturated carbocycles. The second kappa shape index (κ2) is 9.07. The zero-order valence-corrected chi connectivity index (χ0v) is 14.9. The van der Waals surface area contributed by atoms with Gasteiger partial charge in [0, 0.05) is 16.7 Å². The first-order valence-corrected chi connectivity index (χ1v) is 8.49. The number of rotatable bonds is 4. The number of aliphatic hydroxyl groups excluding tert-OH is 1. The molecule has 4 aromatic rings. The highest BCUT2D eigenvalue weighted by molar-refractivity contribution is 6.04. The minimum absolute atomic E-state index is 0.209. The van der Waals surface area contributed by atoms with Crippen molar-refractivity contribution >= 4 is 5.71 Å². The normalized spacial score (nSPS) is 9.86. The molecule has 0 amide bonds. The zero-order valence-electron chi connectivity index (χ0n) is 14.9. The standard InChI is InChI=1S/C11H11N3O.C10H7N3/c12-10(6-15)8-3-1-2-4-9(8)11-5-13-7-14-11;11-5-8-3-1-2-4-9(8)10-6-12-7-13-10/h1-5,7,12,15H,6H2,(H,13,14);1-4,6-7H,(H,12,13). The third-order valence-corrected chi connectivity index (χ3v) is 4.03. The Labute approximate surface area is 161 Å². The van der Waals surface area contributed by atoms with Gasteiger partial charge in [-0.05, 0) is 6.07 Å². The van der Waals surface area contributed by atoms with Crippen LogP contribution in [-0.2, 0) is 0 Å². The van der Waals surface area contributed by atoms with Gasteiger partial charge in [-0.2, -0.15) is 5.26 Å². The van der Waals surface area contributed by atoms with E-state index in [0.717, 1.165) is 28.1 Å². The molecule has 0 aliphatic heterocycles. The Hall–Kier alpha value is -4.02. The number of imidazole rings is 2. The lowest BCUT2D eigenvalue weighted by Crippen LogP contribution is -2.06. The van der Waals surface area contributed by atoms with E-state index >= 15 is 0 Å². The second-order valence-corrected chi connectivity index (χ2v) is 5.77. The molecule has 0 saturated heterocycles. The van der Waals surface area contributed by atoms with Gasteiger partial charge < -0.3 is 20.5 Å². The molecule has 0 atom stereocenters. The molecule has 0 spiro atoms. The van der Waals surface area contributed by atoms with E-state index in [-0.39, 0.29) is 12.3 Å². The minimum Gasteiger partial charge on any atom is -0.390 e. The summed E-state index contributed by atoms with van der Waals surface area (Å²) in [5.41, 5.74) is 5.09. The van der Waals surface area contributed by atoms with Gasteiger partial charge in [-0.1, -0.05) is 42.5 Å². The van der Waals surface area contributed by atoms with Gasteiger partial charge in [0.2, 0.25) is 0 Å². The van der Waals surface area contributed by atoms with E-state index in [1.165, 1.54) is 0 Å². The van der Waals surface area contributed by atoms with Crippen LogP contribution < -0.4 is 0 Å². The first kappa shape index (κ1) is 18.8. The van der Waals surface area contributed by atoms with Gasteiger partial charge in [0.05, 0.1) is 60.4 Å². The SMILES string of the molecule is N#Cc1ccccc1-c1cnc[nH]1.N=C(CO)c1ccccc1-c1cnc[nH]1. The number of nitrogens with zero attached hydrogens (tertiary/aromatic N) is 3. The molecule has 4 N–H and O–H groups in total. The van der Waals surface area contributed by atoms with Crippen LogP contribution >= 0.6 is 0 Å². The van der Waals surface area contributed by atoms with E-state index in [4.69, 9.17) is 15.8 Å². The Balaban J connectivity index is 0.000000162. The van der Waals surface area contributed by atoms with Crippen LogP contribution in [0.3, 0.4) is 0 Å². The van der Waals surface area contributed by atoms with Crippen molar-refractivity contribution in [2.24, 2.45) is 0 Å². The average Bonchev–Trinajstić information content (AvgIpc) is 3.48. The van der Waals surface area contributed by atoms with Gasteiger partial charge in [0.15, 0.2) is 0 Å². The summed E-state index contributed by atoms with van der Waals surface area (Å²) in [5.74, 6) is 0. The maximum absolute atomic E-state index is 8.96. The van der Waals surface area contributed by atoms with Gasteiger partial charge in [-0.3, -0.25) is 0 Å². The number of benzene rings is 2. The summed E-state index contributed by atoms with van der Waals surface area (Å²) in [5, 5.41) is 25.4. The Morgan fingerprint density at radius 2 is 1.50 bits per heavy atom. The lowest BCUT2D eigenvalue weighted by molar-refractivity contribution is 0.357. The number of nitriles is 1. The topological polar surface area (TPSA) is 125 Å². The van der Waals surface area contributed by atoms with Crippen molar-refractivity contribution in [2.75, 3.05) is 6.61 Å². The summed E-state index contributed by atoms with van der Waals surface area (Å²) in [6.45, 7) is -0.259. The Morgan fingerprint density at radius 1 is 0.929 bits per heavy atom. The molecule has 0 aliphatic rings. The molecule has 7 heteroatoms. The van der Waals surface area contributed by atoms with Crippen LogP contribution in [0.5, 0.6) is 0 Å². The molecule has 2 aromatic carbocycles. The van der Waals surface area contributed by atoms with Crippen molar-refractivity contribution in [3.8, 4) is 28.6 Å². The van der Waals surface area contributed by atoms with Crippen molar-refractivity contribution in [3.05, 3.63) is 84.7 Å². The summed E-state index contributed by atoms with van der Waals surface area (Å²) in [4.78, 5) is 13.8. The molecule has 0 radical (unpaired) electrons. The molecule has 0 unspecified atom stereocenters. The van der Waals surface area contributed by atoms with Gasteiger partial charge in [0.1, 0.15) is 0 Å². The van der Waals surface area contributed by atoms with Crippen molar-refractivity contribution < 1.29 is 5.11 Å². The minimum atomic E-state index is -0.259.